The minimum Gasteiger partial charge on any atom is -0.495 e. The normalized spacial score (nSPS) is 14.0. The number of hydrogen-bond donors (Lipinski definition) is 2. The number of rotatable bonds is 10. The molecule has 2 saturated carbocycles. The fraction of sp³-hybridized carbons (Fsp3) is 0.250. The first-order chi connectivity index (χ1) is 23.9. The monoisotopic (exact) mass is 966 g/mol. The summed E-state index contributed by atoms with van der Waals surface area (Å²) in [6.07, 6.45) is 4.20. The molecule has 4 aromatic rings. The Morgan fingerprint density at radius 3 is 1.37 bits per heavy atom. The largest absolute Gasteiger partial charge is 0.495 e. The van der Waals surface area contributed by atoms with Gasteiger partial charge in [-0.2, -0.15) is 0 Å². The van der Waals surface area contributed by atoms with E-state index in [0.29, 0.717) is 25.0 Å². The summed E-state index contributed by atoms with van der Waals surface area (Å²) in [7, 11) is 0.424. The van der Waals surface area contributed by atoms with Crippen LogP contribution in [-0.4, -0.2) is 43.1 Å². The van der Waals surface area contributed by atoms with E-state index in [0.717, 1.165) is 12.8 Å². The van der Waals surface area contributed by atoms with E-state index in [1.807, 2.05) is 0 Å². The van der Waals surface area contributed by atoms with Crippen LogP contribution in [0.1, 0.15) is 25.7 Å². The van der Waals surface area contributed by atoms with Crippen molar-refractivity contribution in [1.29, 1.82) is 0 Å². The molecule has 0 aromatic heterocycles. The molecule has 0 heterocycles. The van der Waals surface area contributed by atoms with Gasteiger partial charge in [0, 0.05) is 43.8 Å². The second kappa shape index (κ2) is 18.1. The third-order valence-electron chi connectivity index (χ3n) is 6.71. The molecule has 2 aliphatic carbocycles. The molecule has 4 aromatic carbocycles. The van der Waals surface area contributed by atoms with E-state index in [2.05, 4.69) is 36.6 Å². The Labute approximate surface area is 337 Å². The lowest BCUT2D eigenvalue weighted by atomic mass is 10.3. The van der Waals surface area contributed by atoms with E-state index in [1.165, 1.54) is 57.4 Å². The maximum absolute atomic E-state index is 12.5. The van der Waals surface area contributed by atoms with Gasteiger partial charge in [0.05, 0.1) is 34.3 Å². The van der Waals surface area contributed by atoms with Crippen LogP contribution in [0.3, 0.4) is 0 Å². The molecule has 0 spiro atoms. The average molecular weight is 971 g/mol. The summed E-state index contributed by atoms with van der Waals surface area (Å²) in [6, 6.07) is 15.7. The molecule has 0 unspecified atom stereocenters. The number of hydrogen-bond acceptors (Lipinski definition) is 9. The highest BCUT2D eigenvalue weighted by molar-refractivity contribution is 9.10. The lowest BCUT2D eigenvalue weighted by molar-refractivity contribution is 0.399. The summed E-state index contributed by atoms with van der Waals surface area (Å²) in [5.41, 5.74) is 5.22. The van der Waals surface area contributed by atoms with Crippen molar-refractivity contribution in [2.75, 3.05) is 14.2 Å². The number of nitrogens with two attached hydrogens (primary N) is 1. The van der Waals surface area contributed by atoms with Crippen LogP contribution in [-0.2, 0) is 19.1 Å². The Bertz CT molecular complexity index is 2070. The molecular weight excluding hydrogens is 942 g/mol. The molecule has 276 valence electrons. The molecule has 0 amide bonds. The average Bonchev–Trinajstić information content (AvgIpc) is 4.00. The number of sulfonamides is 1. The standard InChI is InChI=1S/C16H14BrCl2NO4S.C13H8BrCl3O4S.C3H7N/c1-23-14-5-4-11(8-15(14)25(21,22)20-10-2-3-10)24-16-12(18)6-9(17)7-13(16)19;1-20-11-3-2-8(6-12(11)22(17,18)19)21-13-9(15)4-7(14)5-10(13)16;4-3-1-2-3/h4-8,10,20H,2-3H2,1H3;2-6H,1H3;3H,1-2,4H2. The molecule has 0 radical (unpaired) electrons. The molecule has 10 nitrogen and oxygen atoms in total. The van der Waals surface area contributed by atoms with Crippen LogP contribution >= 0.6 is 88.9 Å². The molecule has 0 saturated heterocycles. The Morgan fingerprint density at radius 1 is 0.667 bits per heavy atom. The summed E-state index contributed by atoms with van der Waals surface area (Å²) >= 11 is 31.0. The second-order valence-electron chi connectivity index (χ2n) is 10.9. The van der Waals surface area contributed by atoms with Gasteiger partial charge in [-0.3, -0.25) is 0 Å². The van der Waals surface area contributed by atoms with Crippen molar-refractivity contribution >= 4 is 108 Å². The van der Waals surface area contributed by atoms with E-state index >= 15 is 0 Å². The minimum absolute atomic E-state index is 0.00348. The summed E-state index contributed by atoms with van der Waals surface area (Å²) < 4.78 is 73.7. The highest BCUT2D eigenvalue weighted by Gasteiger charge is 2.30. The predicted octanol–water partition coefficient (Wildman–Crippen LogP) is 10.6. The van der Waals surface area contributed by atoms with Crippen LogP contribution in [0.25, 0.3) is 0 Å². The van der Waals surface area contributed by atoms with Crippen LogP contribution in [0.5, 0.6) is 34.5 Å². The first-order valence-corrected chi connectivity index (χ1v) is 21.5. The molecule has 3 N–H and O–H groups in total. The van der Waals surface area contributed by atoms with Gasteiger partial charge >= 0.3 is 0 Å². The van der Waals surface area contributed by atoms with Crippen LogP contribution in [0.4, 0.5) is 0 Å². The van der Waals surface area contributed by atoms with Gasteiger partial charge in [-0.15, -0.1) is 0 Å². The van der Waals surface area contributed by atoms with Crippen LogP contribution < -0.4 is 29.4 Å². The fourth-order valence-corrected chi connectivity index (χ4v) is 8.98. The van der Waals surface area contributed by atoms with E-state index < -0.39 is 19.1 Å². The van der Waals surface area contributed by atoms with E-state index in [9.17, 15) is 16.8 Å². The van der Waals surface area contributed by atoms with Gasteiger partial charge in [-0.1, -0.05) is 78.3 Å². The molecule has 51 heavy (non-hydrogen) atoms. The van der Waals surface area contributed by atoms with Gasteiger partial charge in [0.15, 0.2) is 11.5 Å². The highest BCUT2D eigenvalue weighted by Crippen LogP contribution is 2.42. The maximum Gasteiger partial charge on any atom is 0.265 e. The third-order valence-corrected chi connectivity index (χ3v) is 11.6. The molecular formula is C32H29Br2Cl5N2O8S2. The summed E-state index contributed by atoms with van der Waals surface area (Å²) in [5, 5.41) is 1.14. The predicted molar refractivity (Wildman–Crippen MR) is 208 cm³/mol. The Hall–Kier alpha value is -1.69. The first kappa shape index (κ1) is 42.1. The molecule has 2 aliphatic rings. The molecule has 6 rings (SSSR count). The quantitative estimate of drug-likeness (QED) is 0.148. The van der Waals surface area contributed by atoms with Gasteiger partial charge in [0.2, 0.25) is 10.0 Å². The van der Waals surface area contributed by atoms with E-state index in [4.69, 9.17) is 81.8 Å². The molecule has 19 heteroatoms. The van der Waals surface area contributed by atoms with Crippen molar-refractivity contribution in [3.63, 3.8) is 0 Å². The molecule has 0 atom stereocenters. The number of methoxy groups -OCH3 is 2. The number of benzene rings is 4. The lowest BCUT2D eigenvalue weighted by Crippen LogP contribution is -2.26. The Kier molecular flexibility index (Phi) is 14.9. The SMILES string of the molecule is COc1ccc(Oc2c(Cl)cc(Br)cc2Cl)cc1S(=O)(=O)Cl.COc1ccc(Oc2c(Cl)cc(Br)cc2Cl)cc1S(=O)(=O)NC1CC1.NC1CC1. The zero-order valence-corrected chi connectivity index (χ0v) is 35.1. The minimum atomic E-state index is -3.99. The number of nitrogens with one attached hydrogen (secondary N) is 1. The highest BCUT2D eigenvalue weighted by atomic mass is 79.9. The van der Waals surface area contributed by atoms with Crippen molar-refractivity contribution in [3.05, 3.63) is 89.7 Å². The summed E-state index contributed by atoms with van der Waals surface area (Å²) in [4.78, 5) is -0.206. The smallest absolute Gasteiger partial charge is 0.265 e. The van der Waals surface area contributed by atoms with Crippen LogP contribution in [0.15, 0.2) is 79.4 Å². The van der Waals surface area contributed by atoms with Crippen LogP contribution in [0.2, 0.25) is 20.1 Å². The summed E-state index contributed by atoms with van der Waals surface area (Å²) in [6.45, 7) is 0. The zero-order chi connectivity index (χ0) is 37.7. The topological polar surface area (TPSA) is 143 Å². The first-order valence-electron chi connectivity index (χ1n) is 14.6. The molecule has 0 bridgehead atoms. The van der Waals surface area contributed by atoms with Gasteiger partial charge in [0.25, 0.3) is 9.05 Å². The lowest BCUT2D eigenvalue weighted by Gasteiger charge is -2.14. The van der Waals surface area contributed by atoms with Crippen molar-refractivity contribution in [2.24, 2.45) is 5.73 Å². The van der Waals surface area contributed by atoms with Gasteiger partial charge in [-0.25, -0.2) is 21.6 Å². The second-order valence-corrected chi connectivity index (χ2v) is 18.6. The molecule has 2 fully saturated rings. The van der Waals surface area contributed by atoms with Gasteiger partial charge in [0.1, 0.15) is 32.8 Å². The van der Waals surface area contributed by atoms with Crippen LogP contribution in [0, 0.1) is 0 Å². The Morgan fingerprint density at radius 2 is 1.04 bits per heavy atom. The third kappa shape index (κ3) is 12.4. The van der Waals surface area contributed by atoms with Gasteiger partial charge < -0.3 is 24.7 Å². The van der Waals surface area contributed by atoms with E-state index in [1.54, 1.807) is 30.3 Å². The van der Waals surface area contributed by atoms with Crippen molar-refractivity contribution in [3.8, 4) is 34.5 Å². The van der Waals surface area contributed by atoms with Crippen molar-refractivity contribution in [2.45, 2.75) is 47.6 Å². The molecule has 0 aliphatic heterocycles. The zero-order valence-electron chi connectivity index (χ0n) is 26.6. The number of halogens is 7. The Balaban J connectivity index is 0.000000207. The summed E-state index contributed by atoms with van der Waals surface area (Å²) in [5.74, 6) is 1.27. The fourth-order valence-electron chi connectivity index (χ4n) is 3.91. The van der Waals surface area contributed by atoms with Gasteiger partial charge in [-0.05, 0) is 74.2 Å². The maximum atomic E-state index is 12.5. The van der Waals surface area contributed by atoms with E-state index in [-0.39, 0.29) is 60.4 Å². The van der Waals surface area contributed by atoms with Crippen molar-refractivity contribution in [1.82, 2.24) is 4.72 Å². The number of ether oxygens (including phenoxy) is 4. The van der Waals surface area contributed by atoms with Crippen molar-refractivity contribution < 1.29 is 35.8 Å².